The molecule has 0 amide bonds. The molecule has 12 rings (SSSR count). The molecule has 2 heteroatoms. The van der Waals surface area contributed by atoms with E-state index in [-0.39, 0.29) is 5.41 Å². The molecule has 2 aliphatic carbocycles. The number of hydrogen-bond donors (Lipinski definition) is 0. The second-order valence-corrected chi connectivity index (χ2v) is 17.1. The van der Waals surface area contributed by atoms with Crippen LogP contribution in [0.1, 0.15) is 47.2 Å². The Morgan fingerprint density at radius 3 is 1.68 bits per heavy atom. The molecule has 9 aromatic carbocycles. The van der Waals surface area contributed by atoms with Crippen molar-refractivity contribution in [2.45, 2.75) is 34.5 Å². The highest BCUT2D eigenvalue weighted by molar-refractivity contribution is 7.99. The van der Waals surface area contributed by atoms with Crippen LogP contribution in [-0.4, -0.2) is 0 Å². The maximum atomic E-state index is 2.53. The molecule has 0 saturated carbocycles. The fourth-order valence-corrected chi connectivity index (χ4v) is 11.7. The second kappa shape index (κ2) is 11.6. The van der Waals surface area contributed by atoms with Crippen LogP contribution in [0.5, 0.6) is 0 Å². The van der Waals surface area contributed by atoms with E-state index in [4.69, 9.17) is 0 Å². The Kier molecular flexibility index (Phi) is 6.61. The highest BCUT2D eigenvalue weighted by Gasteiger charge is 2.49. The molecule has 3 aliphatic rings. The zero-order valence-electron chi connectivity index (χ0n) is 31.3. The molecule has 56 heavy (non-hydrogen) atoms. The third-order valence-electron chi connectivity index (χ3n) is 12.9. The smallest absolute Gasteiger partial charge is 0.0736 e. The van der Waals surface area contributed by atoms with E-state index in [0.29, 0.717) is 0 Å². The summed E-state index contributed by atoms with van der Waals surface area (Å²) in [5.41, 5.74) is 16.2. The van der Waals surface area contributed by atoms with Crippen LogP contribution in [0.3, 0.4) is 0 Å². The predicted molar refractivity (Wildman–Crippen MR) is 235 cm³/mol. The summed E-state index contributed by atoms with van der Waals surface area (Å²) in [5, 5.41) is 5.08. The first kappa shape index (κ1) is 31.9. The molecule has 9 aromatic rings. The first-order valence-electron chi connectivity index (χ1n) is 19.6. The number of rotatable bonds is 3. The lowest BCUT2D eigenvalue weighted by atomic mass is 9.59. The van der Waals surface area contributed by atoms with Crippen molar-refractivity contribution in [2.24, 2.45) is 0 Å². The van der Waals surface area contributed by atoms with Gasteiger partial charge in [0.1, 0.15) is 0 Å². The fraction of sp³-hybridized carbons (Fsp3) is 0.0741. The van der Waals surface area contributed by atoms with Gasteiger partial charge in [-0.3, -0.25) is 0 Å². The van der Waals surface area contributed by atoms with Crippen molar-refractivity contribution >= 4 is 50.4 Å². The van der Waals surface area contributed by atoms with E-state index in [9.17, 15) is 0 Å². The third kappa shape index (κ3) is 4.17. The summed E-state index contributed by atoms with van der Waals surface area (Å²) in [6.07, 6.45) is 0. The van der Waals surface area contributed by atoms with Gasteiger partial charge in [0.05, 0.1) is 11.1 Å². The van der Waals surface area contributed by atoms with E-state index in [1.807, 2.05) is 11.8 Å². The summed E-state index contributed by atoms with van der Waals surface area (Å²) in [6, 6.07) is 70.9. The van der Waals surface area contributed by atoms with E-state index < -0.39 is 5.41 Å². The van der Waals surface area contributed by atoms with Gasteiger partial charge >= 0.3 is 0 Å². The zero-order chi connectivity index (χ0) is 37.2. The lowest BCUT2D eigenvalue weighted by molar-refractivity contribution is 0.660. The SMILES string of the molecule is CC1(C)c2ccccc2-c2ccc(N(c3ccc4c(c3)C3(c5ccccc5Sc5ccccc53)c3cccc5cccc-4c35)c3cccc4ccccc34)cc21. The van der Waals surface area contributed by atoms with Crippen molar-refractivity contribution in [1.29, 1.82) is 0 Å². The molecule has 0 fully saturated rings. The van der Waals surface area contributed by atoms with Crippen molar-refractivity contribution < 1.29 is 0 Å². The third-order valence-corrected chi connectivity index (χ3v) is 14.1. The molecule has 0 atom stereocenters. The molecule has 1 aliphatic heterocycles. The molecule has 0 aromatic heterocycles. The Bertz CT molecular complexity index is 3060. The van der Waals surface area contributed by atoms with E-state index in [1.165, 1.54) is 92.7 Å². The average Bonchev–Trinajstić information content (AvgIpc) is 3.48. The quantitative estimate of drug-likeness (QED) is 0.178. The van der Waals surface area contributed by atoms with Crippen LogP contribution in [0.25, 0.3) is 43.8 Å². The summed E-state index contributed by atoms with van der Waals surface area (Å²) in [5.74, 6) is 0. The lowest BCUT2D eigenvalue weighted by Crippen LogP contribution is -2.36. The van der Waals surface area contributed by atoms with Crippen molar-refractivity contribution in [3.05, 3.63) is 221 Å². The van der Waals surface area contributed by atoms with Crippen molar-refractivity contribution in [1.82, 2.24) is 0 Å². The molecule has 264 valence electrons. The summed E-state index contributed by atoms with van der Waals surface area (Å²) >= 11 is 1.90. The molecule has 0 unspecified atom stereocenters. The zero-order valence-corrected chi connectivity index (χ0v) is 32.1. The van der Waals surface area contributed by atoms with Gasteiger partial charge in [0.25, 0.3) is 0 Å². The van der Waals surface area contributed by atoms with Gasteiger partial charge < -0.3 is 4.90 Å². The largest absolute Gasteiger partial charge is 0.310 e. The normalized spacial score (nSPS) is 14.8. The van der Waals surface area contributed by atoms with Crippen LogP contribution < -0.4 is 4.90 Å². The van der Waals surface area contributed by atoms with Crippen molar-refractivity contribution in [3.63, 3.8) is 0 Å². The van der Waals surface area contributed by atoms with Gasteiger partial charge in [0.2, 0.25) is 0 Å². The maximum Gasteiger partial charge on any atom is 0.0736 e. The summed E-state index contributed by atoms with van der Waals surface area (Å²) < 4.78 is 0. The minimum absolute atomic E-state index is 0.123. The van der Waals surface area contributed by atoms with E-state index >= 15 is 0 Å². The standard InChI is InChI=1S/C54H37NS/c1-53(2)43-21-6-5-19-39(43)40-30-28-36(32-47(40)53)55(49-25-13-15-34-14-3-4-18-38(34)49)37-29-31-41-42-20-11-16-35-17-12-24-46(52(35)42)54(48(41)33-37)44-22-7-9-26-50(44)56-51-27-10-8-23-45(51)54/h3-33H,1-2H3. The molecule has 1 heterocycles. The fourth-order valence-electron chi connectivity index (χ4n) is 10.5. The van der Waals surface area contributed by atoms with Gasteiger partial charge in [-0.2, -0.15) is 0 Å². The Morgan fingerprint density at radius 2 is 0.911 bits per heavy atom. The molecular weight excluding hydrogens is 695 g/mol. The van der Waals surface area contributed by atoms with Gasteiger partial charge in [-0.1, -0.05) is 171 Å². The van der Waals surface area contributed by atoms with Gasteiger partial charge in [-0.05, 0) is 114 Å². The highest BCUT2D eigenvalue weighted by Crippen LogP contribution is 2.62. The lowest BCUT2D eigenvalue weighted by Gasteiger charge is -2.46. The van der Waals surface area contributed by atoms with Crippen LogP contribution in [0.15, 0.2) is 198 Å². The van der Waals surface area contributed by atoms with Gasteiger partial charge in [0, 0.05) is 32.0 Å². The molecule has 1 spiro atoms. The van der Waals surface area contributed by atoms with Crippen LogP contribution in [0.2, 0.25) is 0 Å². The topological polar surface area (TPSA) is 3.24 Å². The Labute approximate surface area is 331 Å². The van der Waals surface area contributed by atoms with Crippen LogP contribution in [0, 0.1) is 0 Å². The van der Waals surface area contributed by atoms with Crippen molar-refractivity contribution in [2.75, 3.05) is 4.90 Å². The molecular formula is C54H37NS. The monoisotopic (exact) mass is 731 g/mol. The molecule has 0 N–H and O–H groups in total. The molecule has 0 bridgehead atoms. The van der Waals surface area contributed by atoms with E-state index in [0.717, 1.165) is 11.4 Å². The number of nitrogens with zero attached hydrogens (tertiary/aromatic N) is 1. The summed E-state index contributed by atoms with van der Waals surface area (Å²) in [4.78, 5) is 5.14. The Balaban J connectivity index is 1.19. The minimum atomic E-state index is -0.524. The number of benzene rings is 9. The first-order chi connectivity index (χ1) is 27.5. The number of hydrogen-bond acceptors (Lipinski definition) is 2. The highest BCUT2D eigenvalue weighted by atomic mass is 32.2. The van der Waals surface area contributed by atoms with Crippen LogP contribution in [0.4, 0.5) is 17.1 Å². The van der Waals surface area contributed by atoms with E-state index in [2.05, 4.69) is 207 Å². The van der Waals surface area contributed by atoms with Crippen molar-refractivity contribution in [3.8, 4) is 22.3 Å². The first-order valence-corrected chi connectivity index (χ1v) is 20.4. The van der Waals surface area contributed by atoms with E-state index in [1.54, 1.807) is 0 Å². The Hall–Kier alpha value is -6.35. The maximum absolute atomic E-state index is 2.53. The van der Waals surface area contributed by atoms with Gasteiger partial charge in [-0.25, -0.2) is 0 Å². The predicted octanol–water partition coefficient (Wildman–Crippen LogP) is 14.6. The number of anilines is 3. The summed E-state index contributed by atoms with van der Waals surface area (Å²) in [6.45, 7) is 4.75. The Morgan fingerprint density at radius 1 is 0.393 bits per heavy atom. The second-order valence-electron chi connectivity index (χ2n) is 16.0. The van der Waals surface area contributed by atoms with Gasteiger partial charge in [-0.15, -0.1) is 0 Å². The summed E-state index contributed by atoms with van der Waals surface area (Å²) in [7, 11) is 0. The molecule has 0 saturated heterocycles. The minimum Gasteiger partial charge on any atom is -0.310 e. The number of fused-ring (bicyclic) bond motifs is 12. The van der Waals surface area contributed by atoms with Crippen LogP contribution >= 0.6 is 11.8 Å². The molecule has 1 nitrogen and oxygen atoms in total. The molecule has 0 radical (unpaired) electrons. The van der Waals surface area contributed by atoms with Gasteiger partial charge in [0.15, 0.2) is 0 Å². The van der Waals surface area contributed by atoms with Crippen LogP contribution in [-0.2, 0) is 10.8 Å². The average molecular weight is 732 g/mol.